The molecule has 0 aliphatic rings. The smallest absolute Gasteiger partial charge is 0.0595 e. The third kappa shape index (κ3) is 3.62. The van der Waals surface area contributed by atoms with Gasteiger partial charge in [0.05, 0.1) is 5.52 Å². The summed E-state index contributed by atoms with van der Waals surface area (Å²) in [6.45, 7) is 0. The van der Waals surface area contributed by atoms with Crippen molar-refractivity contribution >= 4 is 21.7 Å². The van der Waals surface area contributed by atoms with Gasteiger partial charge >= 0.3 is 0 Å². The van der Waals surface area contributed by atoms with Gasteiger partial charge in [0.15, 0.2) is 0 Å². The van der Waals surface area contributed by atoms with Crippen LogP contribution in [0.1, 0.15) is 0 Å². The van der Waals surface area contributed by atoms with Crippen LogP contribution in [0.25, 0.3) is 44.1 Å². The Morgan fingerprint density at radius 1 is 0.643 bits per heavy atom. The first kappa shape index (κ1) is 19.9. The van der Waals surface area contributed by atoms with Gasteiger partial charge in [-0.05, 0) is 34.3 Å². The van der Waals surface area contributed by atoms with Gasteiger partial charge < -0.3 is 7.43 Å². The van der Waals surface area contributed by atoms with Crippen LogP contribution in [0.2, 0.25) is 0 Å². The average molecular weight is 538 g/mol. The third-order valence-electron chi connectivity index (χ3n) is 4.77. The molecule has 0 bridgehead atoms. The minimum absolute atomic E-state index is 0. The van der Waals surface area contributed by atoms with Crippen molar-refractivity contribution in [2.45, 2.75) is 0 Å². The van der Waals surface area contributed by atoms with Crippen molar-refractivity contribution in [3.05, 3.63) is 111 Å². The van der Waals surface area contributed by atoms with Crippen LogP contribution in [0.3, 0.4) is 0 Å². The molecule has 0 aliphatic carbocycles. The Balaban J connectivity index is 0.00000112. The number of hydrogen-bond donors (Lipinski definition) is 0. The maximum absolute atomic E-state index is 4.90. The predicted octanol–water partition coefficient (Wildman–Crippen LogP) is 6.97. The molecule has 2 heteroatoms. The Morgan fingerprint density at radius 3 is 2.29 bits per heavy atom. The van der Waals surface area contributed by atoms with Crippen molar-refractivity contribution in [3.8, 4) is 22.4 Å². The Bertz CT molecular complexity index is 1220. The topological polar surface area (TPSA) is 12.9 Å². The first-order chi connectivity index (χ1) is 12.9. The van der Waals surface area contributed by atoms with Gasteiger partial charge in [-0.2, -0.15) is 0 Å². The van der Waals surface area contributed by atoms with Gasteiger partial charge in [0.2, 0.25) is 0 Å². The molecule has 0 fully saturated rings. The van der Waals surface area contributed by atoms with Crippen molar-refractivity contribution in [2.75, 3.05) is 0 Å². The van der Waals surface area contributed by atoms with E-state index in [2.05, 4.69) is 91.0 Å². The maximum Gasteiger partial charge on any atom is 0.0595 e. The van der Waals surface area contributed by atoms with Crippen molar-refractivity contribution in [1.29, 1.82) is 0 Å². The monoisotopic (exact) mass is 538 g/mol. The molecule has 0 spiro atoms. The molecule has 5 aromatic rings. The van der Waals surface area contributed by atoms with Gasteiger partial charge in [0, 0.05) is 20.1 Å². The van der Waals surface area contributed by atoms with Crippen LogP contribution in [-0.2, 0) is 20.1 Å². The standard InChI is InChI=1S/C25H16N.CH3.Ir/c1-2-7-18(8-3-1)20-13-15-24-21(17-20)14-16-25(26-24)23-12-6-10-19-9-4-5-11-22(19)23;;/h1-11,13-17H;1H3;/q2*-1;. The molecule has 0 aliphatic heterocycles. The summed E-state index contributed by atoms with van der Waals surface area (Å²) in [6, 6.07) is 36.9. The van der Waals surface area contributed by atoms with Crippen LogP contribution in [-0.4, -0.2) is 4.98 Å². The first-order valence-corrected chi connectivity index (χ1v) is 8.74. The van der Waals surface area contributed by atoms with Gasteiger partial charge in [0.25, 0.3) is 0 Å². The summed E-state index contributed by atoms with van der Waals surface area (Å²) < 4.78 is 0. The zero-order valence-electron chi connectivity index (χ0n) is 15.5. The van der Waals surface area contributed by atoms with Crippen molar-refractivity contribution in [2.24, 2.45) is 0 Å². The van der Waals surface area contributed by atoms with E-state index in [9.17, 15) is 0 Å². The zero-order chi connectivity index (χ0) is 17.3. The zero-order valence-corrected chi connectivity index (χ0v) is 17.9. The summed E-state index contributed by atoms with van der Waals surface area (Å²) in [6.07, 6.45) is 0. The molecule has 1 heterocycles. The summed E-state index contributed by atoms with van der Waals surface area (Å²) in [5, 5.41) is 3.54. The van der Waals surface area contributed by atoms with E-state index < -0.39 is 0 Å². The summed E-state index contributed by atoms with van der Waals surface area (Å²) in [4.78, 5) is 4.90. The summed E-state index contributed by atoms with van der Waals surface area (Å²) >= 11 is 0. The number of benzene rings is 4. The number of aromatic nitrogens is 1. The fourth-order valence-corrected chi connectivity index (χ4v) is 3.45. The average Bonchev–Trinajstić information content (AvgIpc) is 2.73. The van der Waals surface area contributed by atoms with E-state index in [1.165, 1.54) is 21.9 Å². The summed E-state index contributed by atoms with van der Waals surface area (Å²) in [5.41, 5.74) is 5.45. The maximum atomic E-state index is 4.90. The molecular weight excluding hydrogens is 519 g/mol. The normalized spacial score (nSPS) is 10.3. The van der Waals surface area contributed by atoms with Crippen LogP contribution in [0.5, 0.6) is 0 Å². The molecule has 0 amide bonds. The van der Waals surface area contributed by atoms with Gasteiger partial charge in [-0.25, -0.2) is 0 Å². The fraction of sp³-hybridized carbons (Fsp3) is 0. The number of nitrogens with zero attached hydrogens (tertiary/aromatic N) is 1. The minimum atomic E-state index is 0. The molecule has 1 aromatic heterocycles. The van der Waals surface area contributed by atoms with Crippen LogP contribution in [0, 0.1) is 13.5 Å². The van der Waals surface area contributed by atoms with E-state index in [1.807, 2.05) is 12.1 Å². The van der Waals surface area contributed by atoms with E-state index in [4.69, 9.17) is 4.98 Å². The van der Waals surface area contributed by atoms with E-state index in [0.29, 0.717) is 0 Å². The SMILES string of the molecule is [CH3-].[Ir].[c-]1ccc2ccccc2c1-c1ccc2cc(-c3ccccc3)ccc2n1. The van der Waals surface area contributed by atoms with Crippen LogP contribution >= 0.6 is 0 Å². The molecule has 0 N–H and O–H groups in total. The fourth-order valence-electron chi connectivity index (χ4n) is 3.45. The van der Waals surface area contributed by atoms with Gasteiger partial charge in [-0.15, -0.1) is 29.1 Å². The molecule has 5 rings (SSSR count). The van der Waals surface area contributed by atoms with Crippen molar-refractivity contribution in [3.63, 3.8) is 0 Å². The van der Waals surface area contributed by atoms with Crippen LogP contribution in [0.4, 0.5) is 0 Å². The van der Waals surface area contributed by atoms with Crippen molar-refractivity contribution < 1.29 is 20.1 Å². The van der Waals surface area contributed by atoms with Gasteiger partial charge in [-0.3, -0.25) is 4.98 Å². The van der Waals surface area contributed by atoms with E-state index >= 15 is 0 Å². The molecule has 1 nitrogen and oxygen atoms in total. The number of rotatable bonds is 2. The molecule has 28 heavy (non-hydrogen) atoms. The van der Waals surface area contributed by atoms with E-state index in [0.717, 1.165) is 22.2 Å². The second-order valence-electron chi connectivity index (χ2n) is 6.41. The molecule has 0 atom stereocenters. The van der Waals surface area contributed by atoms with E-state index in [-0.39, 0.29) is 27.5 Å². The van der Waals surface area contributed by atoms with Crippen LogP contribution < -0.4 is 0 Å². The molecule has 139 valence electrons. The number of hydrogen-bond acceptors (Lipinski definition) is 1. The predicted molar refractivity (Wildman–Crippen MR) is 115 cm³/mol. The second-order valence-corrected chi connectivity index (χ2v) is 6.41. The van der Waals surface area contributed by atoms with Gasteiger partial charge in [-0.1, -0.05) is 78.2 Å². The molecule has 0 saturated heterocycles. The van der Waals surface area contributed by atoms with Crippen LogP contribution in [0.15, 0.2) is 97.1 Å². The molecule has 4 aromatic carbocycles. The molecule has 1 radical (unpaired) electrons. The summed E-state index contributed by atoms with van der Waals surface area (Å²) in [5.74, 6) is 0. The van der Waals surface area contributed by atoms with E-state index in [1.54, 1.807) is 0 Å². The number of pyridine rings is 1. The number of fused-ring (bicyclic) bond motifs is 2. The molecular formula is C26H19IrN-2. The first-order valence-electron chi connectivity index (χ1n) is 8.74. The quantitative estimate of drug-likeness (QED) is 0.222. The Hall–Kier alpha value is -2.80. The largest absolute Gasteiger partial charge is 0.358 e. The Kier molecular flexibility index (Phi) is 6.04. The molecule has 0 saturated carbocycles. The van der Waals surface area contributed by atoms with Gasteiger partial charge in [0.1, 0.15) is 0 Å². The second kappa shape index (κ2) is 8.48. The minimum Gasteiger partial charge on any atom is -0.358 e. The Labute approximate surface area is 179 Å². The summed E-state index contributed by atoms with van der Waals surface area (Å²) in [7, 11) is 0. The molecule has 0 unspecified atom stereocenters. The Morgan fingerprint density at radius 2 is 1.43 bits per heavy atom. The van der Waals surface area contributed by atoms with Crippen molar-refractivity contribution in [1.82, 2.24) is 4.98 Å². The third-order valence-corrected chi connectivity index (χ3v) is 4.77.